The van der Waals surface area contributed by atoms with Crippen LogP contribution < -0.4 is 14.4 Å². The second kappa shape index (κ2) is 11.2. The zero-order valence-electron chi connectivity index (χ0n) is 19.5. The molecule has 6 nitrogen and oxygen atoms in total. The van der Waals surface area contributed by atoms with Crippen LogP contribution in [-0.4, -0.2) is 34.0 Å². The summed E-state index contributed by atoms with van der Waals surface area (Å²) in [7, 11) is -4.18. The van der Waals surface area contributed by atoms with E-state index in [1.165, 1.54) is 30.3 Å². The van der Waals surface area contributed by atoms with Crippen LogP contribution in [0, 0.1) is 12.7 Å². The molecule has 0 atom stereocenters. The van der Waals surface area contributed by atoms with E-state index in [1.807, 2.05) is 31.2 Å². The van der Waals surface area contributed by atoms with Gasteiger partial charge in [0.2, 0.25) is 5.91 Å². The number of anilines is 1. The highest BCUT2D eigenvalue weighted by Gasteiger charge is 2.29. The Morgan fingerprint density at radius 3 is 2.32 bits per heavy atom. The first-order valence-corrected chi connectivity index (χ1v) is 12.5. The van der Waals surface area contributed by atoms with Crippen LogP contribution >= 0.6 is 0 Å². The molecule has 0 saturated carbocycles. The molecule has 180 valence electrons. The Morgan fingerprint density at radius 1 is 1.00 bits per heavy atom. The van der Waals surface area contributed by atoms with Crippen molar-refractivity contribution in [2.24, 2.45) is 0 Å². The van der Waals surface area contributed by atoms with Crippen molar-refractivity contribution in [2.75, 3.05) is 24.0 Å². The molecule has 0 radical (unpaired) electrons. The van der Waals surface area contributed by atoms with E-state index < -0.39 is 28.3 Å². The number of carbonyl (C=O) groups is 1. The molecule has 0 aliphatic rings. The highest BCUT2D eigenvalue weighted by atomic mass is 32.2. The third-order valence-corrected chi connectivity index (χ3v) is 7.01. The van der Waals surface area contributed by atoms with Gasteiger partial charge in [-0.2, -0.15) is 0 Å². The van der Waals surface area contributed by atoms with Crippen molar-refractivity contribution in [1.82, 2.24) is 5.32 Å². The molecule has 0 aliphatic carbocycles. The van der Waals surface area contributed by atoms with E-state index >= 15 is 0 Å². The Labute approximate surface area is 200 Å². The highest BCUT2D eigenvalue weighted by molar-refractivity contribution is 7.92. The predicted octanol–water partition coefficient (Wildman–Crippen LogP) is 4.65. The van der Waals surface area contributed by atoms with E-state index in [9.17, 15) is 17.6 Å². The molecule has 0 fully saturated rings. The first kappa shape index (κ1) is 25.2. The first-order chi connectivity index (χ1) is 16.2. The molecule has 0 spiro atoms. The Morgan fingerprint density at radius 2 is 1.65 bits per heavy atom. The maximum absolute atomic E-state index is 14.5. The molecule has 3 aromatic carbocycles. The average molecular weight is 485 g/mol. The van der Waals surface area contributed by atoms with Crippen molar-refractivity contribution in [3.05, 3.63) is 89.7 Å². The molecule has 1 amide bonds. The van der Waals surface area contributed by atoms with E-state index in [4.69, 9.17) is 4.74 Å². The number of hydrogen-bond donors (Lipinski definition) is 1. The van der Waals surface area contributed by atoms with Crippen LogP contribution in [-0.2, 0) is 14.8 Å². The minimum Gasteiger partial charge on any atom is -0.491 e. The summed E-state index contributed by atoms with van der Waals surface area (Å²) in [4.78, 5) is 12.6. The van der Waals surface area contributed by atoms with Gasteiger partial charge in [-0.3, -0.25) is 9.10 Å². The number of sulfonamides is 1. The lowest BCUT2D eigenvalue weighted by Crippen LogP contribution is -2.42. The Balaban J connectivity index is 1.71. The summed E-state index contributed by atoms with van der Waals surface area (Å²) in [6, 6.07) is 19.3. The average Bonchev–Trinajstić information content (AvgIpc) is 2.81. The fourth-order valence-electron chi connectivity index (χ4n) is 3.42. The van der Waals surface area contributed by atoms with Gasteiger partial charge in [0.15, 0.2) is 0 Å². The normalized spacial score (nSPS) is 11.3. The standard InChI is InChI=1S/C26H29FN2O4S/c1-19(2)22-8-4-7-11-25(22)33-17-16-28-26(30)18-29(24-10-6-5-9-23(24)27)34(31,32)21-14-12-20(3)13-15-21/h4-15,19H,16-18H2,1-3H3,(H,28,30). The number of halogens is 1. The van der Waals surface area contributed by atoms with Crippen LogP contribution in [0.15, 0.2) is 77.7 Å². The summed E-state index contributed by atoms with van der Waals surface area (Å²) < 4.78 is 47.7. The number of para-hydroxylation sites is 2. The molecule has 0 unspecified atom stereocenters. The lowest BCUT2D eigenvalue weighted by molar-refractivity contribution is -0.119. The number of ether oxygens (including phenoxy) is 1. The van der Waals surface area contributed by atoms with Gasteiger partial charge in [0.1, 0.15) is 24.7 Å². The van der Waals surface area contributed by atoms with Gasteiger partial charge in [-0.1, -0.05) is 61.9 Å². The van der Waals surface area contributed by atoms with Crippen molar-refractivity contribution < 1.29 is 22.3 Å². The van der Waals surface area contributed by atoms with Gasteiger partial charge in [0.05, 0.1) is 17.1 Å². The molecular weight excluding hydrogens is 455 g/mol. The molecule has 0 aromatic heterocycles. The zero-order valence-corrected chi connectivity index (χ0v) is 20.3. The minimum atomic E-state index is -4.18. The largest absolute Gasteiger partial charge is 0.491 e. The maximum Gasteiger partial charge on any atom is 0.264 e. The highest BCUT2D eigenvalue weighted by Crippen LogP contribution is 2.27. The van der Waals surface area contributed by atoms with Crippen LogP contribution in [0.2, 0.25) is 0 Å². The minimum absolute atomic E-state index is 0.0252. The fourth-order valence-corrected chi connectivity index (χ4v) is 4.85. The van der Waals surface area contributed by atoms with Crippen LogP contribution in [0.3, 0.4) is 0 Å². The first-order valence-electron chi connectivity index (χ1n) is 11.0. The molecule has 0 aliphatic heterocycles. The van der Waals surface area contributed by atoms with Gasteiger partial charge in [0, 0.05) is 0 Å². The zero-order chi connectivity index (χ0) is 24.7. The maximum atomic E-state index is 14.5. The number of nitrogens with zero attached hydrogens (tertiary/aromatic N) is 1. The summed E-state index contributed by atoms with van der Waals surface area (Å²) in [5.41, 5.74) is 1.75. The van der Waals surface area contributed by atoms with Crippen molar-refractivity contribution in [1.29, 1.82) is 0 Å². The van der Waals surface area contributed by atoms with Crippen molar-refractivity contribution in [3.63, 3.8) is 0 Å². The fraction of sp³-hybridized carbons (Fsp3) is 0.269. The van der Waals surface area contributed by atoms with Crippen molar-refractivity contribution in [2.45, 2.75) is 31.6 Å². The van der Waals surface area contributed by atoms with Gasteiger partial charge in [-0.25, -0.2) is 12.8 Å². The Bertz CT molecular complexity index is 1230. The monoisotopic (exact) mass is 484 g/mol. The molecule has 34 heavy (non-hydrogen) atoms. The molecule has 0 saturated heterocycles. The summed E-state index contributed by atoms with van der Waals surface area (Å²) in [6.07, 6.45) is 0. The molecule has 8 heteroatoms. The van der Waals surface area contributed by atoms with E-state index in [-0.39, 0.29) is 29.7 Å². The van der Waals surface area contributed by atoms with E-state index in [0.29, 0.717) is 0 Å². The molecular formula is C26H29FN2O4S. The molecule has 0 bridgehead atoms. The number of nitrogens with one attached hydrogen (secondary N) is 1. The SMILES string of the molecule is Cc1ccc(S(=O)(=O)N(CC(=O)NCCOc2ccccc2C(C)C)c2ccccc2F)cc1. The van der Waals surface area contributed by atoms with Gasteiger partial charge >= 0.3 is 0 Å². The lowest BCUT2D eigenvalue weighted by Gasteiger charge is -2.24. The van der Waals surface area contributed by atoms with Gasteiger partial charge < -0.3 is 10.1 Å². The Kier molecular flexibility index (Phi) is 8.28. The topological polar surface area (TPSA) is 75.7 Å². The smallest absolute Gasteiger partial charge is 0.264 e. The van der Waals surface area contributed by atoms with E-state index in [0.717, 1.165) is 27.2 Å². The lowest BCUT2D eigenvalue weighted by atomic mass is 10.0. The predicted molar refractivity (Wildman–Crippen MR) is 131 cm³/mol. The number of carbonyl (C=O) groups excluding carboxylic acids is 1. The van der Waals surface area contributed by atoms with Crippen LogP contribution in [0.4, 0.5) is 10.1 Å². The van der Waals surface area contributed by atoms with E-state index in [2.05, 4.69) is 19.2 Å². The summed E-state index contributed by atoms with van der Waals surface area (Å²) in [6.45, 7) is 5.77. The quantitative estimate of drug-likeness (QED) is 0.425. The van der Waals surface area contributed by atoms with Gasteiger partial charge in [-0.15, -0.1) is 0 Å². The van der Waals surface area contributed by atoms with Gasteiger partial charge in [-0.05, 0) is 48.7 Å². The second-order valence-electron chi connectivity index (χ2n) is 8.17. The van der Waals surface area contributed by atoms with Crippen LogP contribution in [0.5, 0.6) is 5.75 Å². The van der Waals surface area contributed by atoms with Crippen molar-refractivity contribution in [3.8, 4) is 5.75 Å². The number of benzene rings is 3. The summed E-state index contributed by atoms with van der Waals surface area (Å²) >= 11 is 0. The Hall–Kier alpha value is -3.39. The number of rotatable bonds is 10. The van der Waals surface area contributed by atoms with Gasteiger partial charge in [0.25, 0.3) is 10.0 Å². The van der Waals surface area contributed by atoms with Crippen molar-refractivity contribution >= 4 is 21.6 Å². The molecule has 1 N–H and O–H groups in total. The molecule has 0 heterocycles. The number of hydrogen-bond acceptors (Lipinski definition) is 4. The summed E-state index contributed by atoms with van der Waals surface area (Å²) in [5.74, 6) is -0.284. The second-order valence-corrected chi connectivity index (χ2v) is 10.0. The number of amides is 1. The van der Waals surface area contributed by atoms with Crippen LogP contribution in [0.25, 0.3) is 0 Å². The van der Waals surface area contributed by atoms with E-state index in [1.54, 1.807) is 12.1 Å². The summed E-state index contributed by atoms with van der Waals surface area (Å²) in [5, 5.41) is 2.66. The number of aryl methyl sites for hydroxylation is 1. The molecule has 3 aromatic rings. The van der Waals surface area contributed by atoms with Crippen LogP contribution in [0.1, 0.15) is 30.9 Å². The molecule has 3 rings (SSSR count). The third-order valence-electron chi connectivity index (χ3n) is 5.24. The third kappa shape index (κ3) is 6.14.